The molecule has 0 aliphatic carbocycles. The number of aromatic nitrogens is 4. The average molecular weight is 371 g/mol. The molecule has 1 aromatic carbocycles. The Kier molecular flexibility index (Phi) is 5.42. The highest BCUT2D eigenvalue weighted by molar-refractivity contribution is 9.10. The minimum Gasteiger partial charge on any atom is -0.490 e. The van der Waals surface area contributed by atoms with E-state index < -0.39 is 0 Å². The predicted octanol–water partition coefficient (Wildman–Crippen LogP) is 1.95. The molecule has 3 N–H and O–H groups in total. The van der Waals surface area contributed by atoms with E-state index in [1.54, 1.807) is 0 Å². The van der Waals surface area contributed by atoms with E-state index in [1.807, 2.05) is 32.9 Å². The molecule has 22 heavy (non-hydrogen) atoms. The number of nitrogens with one attached hydrogen (secondary N) is 1. The van der Waals surface area contributed by atoms with Gasteiger partial charge in [-0.3, -0.25) is 0 Å². The third-order valence-corrected chi connectivity index (χ3v) is 3.43. The first-order chi connectivity index (χ1) is 10.5. The summed E-state index contributed by atoms with van der Waals surface area (Å²) in [7, 11) is 0. The van der Waals surface area contributed by atoms with Gasteiger partial charge in [0.15, 0.2) is 11.5 Å². The molecule has 0 spiro atoms. The van der Waals surface area contributed by atoms with Crippen molar-refractivity contribution in [1.29, 1.82) is 0 Å². The molecular formula is C13H19BrN6O2. The van der Waals surface area contributed by atoms with E-state index in [9.17, 15) is 0 Å². The van der Waals surface area contributed by atoms with Gasteiger partial charge in [-0.15, -0.1) is 4.79 Å². The fourth-order valence-corrected chi connectivity index (χ4v) is 2.26. The van der Waals surface area contributed by atoms with Gasteiger partial charge < -0.3 is 20.6 Å². The number of nitrogens with two attached hydrogens (primary N) is 1. The van der Waals surface area contributed by atoms with Crippen molar-refractivity contribution >= 4 is 21.9 Å². The molecule has 0 bridgehead atoms. The summed E-state index contributed by atoms with van der Waals surface area (Å²) in [5.41, 5.74) is 9.58. The number of nitrogen functional groups attached to an aromatic ring is 1. The van der Waals surface area contributed by atoms with Crippen molar-refractivity contribution in [2.24, 2.45) is 0 Å². The summed E-state index contributed by atoms with van der Waals surface area (Å²) < 4.78 is 12.3. The predicted molar refractivity (Wildman–Crippen MR) is 86.4 cm³/mol. The largest absolute Gasteiger partial charge is 0.490 e. The van der Waals surface area contributed by atoms with E-state index in [2.05, 4.69) is 36.9 Å². The van der Waals surface area contributed by atoms with E-state index in [1.165, 1.54) is 4.79 Å². The lowest BCUT2D eigenvalue weighted by molar-refractivity contribution is 0.223. The highest BCUT2D eigenvalue weighted by Gasteiger charge is 2.12. The van der Waals surface area contributed by atoms with Crippen molar-refractivity contribution < 1.29 is 9.47 Å². The lowest BCUT2D eigenvalue weighted by Crippen LogP contribution is -2.18. The molecule has 2 aromatic rings. The highest BCUT2D eigenvalue weighted by atomic mass is 79.9. The van der Waals surface area contributed by atoms with Crippen LogP contribution >= 0.6 is 15.9 Å². The number of ether oxygens (including phenoxy) is 2. The molecule has 0 saturated heterocycles. The molecule has 1 heterocycles. The maximum atomic E-state index is 5.77. The molecule has 0 unspecified atom stereocenters. The van der Waals surface area contributed by atoms with Crippen molar-refractivity contribution in [3.63, 3.8) is 0 Å². The van der Waals surface area contributed by atoms with Crippen LogP contribution in [0.4, 0.5) is 5.95 Å². The molecule has 8 nitrogen and oxygen atoms in total. The summed E-state index contributed by atoms with van der Waals surface area (Å²) in [5, 5.41) is 10.8. The monoisotopic (exact) mass is 370 g/mol. The van der Waals surface area contributed by atoms with Crippen molar-refractivity contribution in [3.05, 3.63) is 22.2 Å². The zero-order valence-corrected chi connectivity index (χ0v) is 14.3. The third-order valence-electron chi connectivity index (χ3n) is 2.69. The number of tetrazole rings is 1. The van der Waals surface area contributed by atoms with Crippen LogP contribution in [0, 0.1) is 0 Å². The SMILES string of the molecule is CCOc1cc(CNn2nnnc2N)c(Br)cc1OC(C)C. The molecule has 2 rings (SSSR count). The number of anilines is 1. The normalized spacial score (nSPS) is 10.8. The quantitative estimate of drug-likeness (QED) is 0.767. The molecule has 0 saturated carbocycles. The summed E-state index contributed by atoms with van der Waals surface area (Å²) in [6.45, 7) is 6.90. The van der Waals surface area contributed by atoms with Crippen LogP contribution in [0.3, 0.4) is 0 Å². The topological polar surface area (TPSA) is 100 Å². The first-order valence-corrected chi connectivity index (χ1v) is 7.70. The second-order valence-electron chi connectivity index (χ2n) is 4.77. The van der Waals surface area contributed by atoms with Gasteiger partial charge in [0.05, 0.1) is 19.3 Å². The lowest BCUT2D eigenvalue weighted by Gasteiger charge is -2.17. The number of nitrogens with zero attached hydrogens (tertiary/aromatic N) is 4. The van der Waals surface area contributed by atoms with Crippen molar-refractivity contribution in [2.45, 2.75) is 33.4 Å². The molecule has 0 aliphatic heterocycles. The Bertz CT molecular complexity index is 631. The van der Waals surface area contributed by atoms with E-state index in [0.29, 0.717) is 24.7 Å². The Morgan fingerprint density at radius 1 is 1.36 bits per heavy atom. The Morgan fingerprint density at radius 2 is 2.14 bits per heavy atom. The number of hydrogen-bond donors (Lipinski definition) is 2. The van der Waals surface area contributed by atoms with Gasteiger partial charge in [0.1, 0.15) is 0 Å². The van der Waals surface area contributed by atoms with E-state index in [4.69, 9.17) is 15.2 Å². The Hall–Kier alpha value is -2.03. The van der Waals surface area contributed by atoms with Crippen LogP contribution in [0.1, 0.15) is 26.3 Å². The number of hydrogen-bond acceptors (Lipinski definition) is 7. The number of rotatable bonds is 7. The molecule has 0 radical (unpaired) electrons. The third kappa shape index (κ3) is 4.00. The standard InChI is InChI=1S/C13H19BrN6O2/c1-4-21-11-5-9(7-16-20-13(15)17-18-19-20)10(14)6-12(11)22-8(2)3/h5-6,8,16H,4,7H2,1-3H3,(H2,15,17,19). The van der Waals surface area contributed by atoms with Crippen molar-refractivity contribution in [1.82, 2.24) is 20.3 Å². The average Bonchev–Trinajstić information content (AvgIpc) is 2.85. The Morgan fingerprint density at radius 3 is 2.73 bits per heavy atom. The van der Waals surface area contributed by atoms with Gasteiger partial charge in [0, 0.05) is 4.47 Å². The van der Waals surface area contributed by atoms with E-state index in [-0.39, 0.29) is 12.1 Å². The van der Waals surface area contributed by atoms with Gasteiger partial charge in [-0.05, 0) is 48.9 Å². The summed E-state index contributed by atoms with van der Waals surface area (Å²) in [5.74, 6) is 1.59. The summed E-state index contributed by atoms with van der Waals surface area (Å²) in [6.07, 6.45) is 0.0658. The van der Waals surface area contributed by atoms with Gasteiger partial charge in [0.2, 0.25) is 0 Å². The van der Waals surface area contributed by atoms with Crippen LogP contribution in [0.15, 0.2) is 16.6 Å². The zero-order valence-electron chi connectivity index (χ0n) is 12.7. The smallest absolute Gasteiger partial charge is 0.260 e. The zero-order chi connectivity index (χ0) is 16.1. The molecule has 0 amide bonds. The molecule has 9 heteroatoms. The summed E-state index contributed by atoms with van der Waals surface area (Å²) >= 11 is 3.54. The molecular weight excluding hydrogens is 352 g/mol. The van der Waals surface area contributed by atoms with Crippen molar-refractivity contribution in [3.8, 4) is 11.5 Å². The van der Waals surface area contributed by atoms with Gasteiger partial charge in [-0.2, -0.15) is 0 Å². The first kappa shape index (κ1) is 16.3. The molecule has 0 aliphatic rings. The maximum Gasteiger partial charge on any atom is 0.260 e. The Labute approximate surface area is 137 Å². The van der Waals surface area contributed by atoms with Gasteiger partial charge >= 0.3 is 0 Å². The van der Waals surface area contributed by atoms with Crippen LogP contribution in [0.5, 0.6) is 11.5 Å². The number of benzene rings is 1. The number of halogens is 1. The molecule has 0 atom stereocenters. The van der Waals surface area contributed by atoms with Gasteiger partial charge in [0.25, 0.3) is 5.95 Å². The maximum absolute atomic E-state index is 5.77. The van der Waals surface area contributed by atoms with E-state index in [0.717, 1.165) is 10.0 Å². The highest BCUT2D eigenvalue weighted by Crippen LogP contribution is 2.34. The van der Waals surface area contributed by atoms with Crippen LogP contribution in [-0.2, 0) is 6.54 Å². The summed E-state index contributed by atoms with van der Waals surface area (Å²) in [6, 6.07) is 3.81. The van der Waals surface area contributed by atoms with Crippen LogP contribution in [-0.4, -0.2) is 33.0 Å². The Balaban J connectivity index is 2.20. The van der Waals surface area contributed by atoms with E-state index >= 15 is 0 Å². The molecule has 1 aromatic heterocycles. The van der Waals surface area contributed by atoms with Crippen LogP contribution in [0.25, 0.3) is 0 Å². The molecule has 0 fully saturated rings. The second-order valence-corrected chi connectivity index (χ2v) is 5.63. The minimum atomic E-state index is 0.0658. The van der Waals surface area contributed by atoms with Crippen LogP contribution < -0.4 is 20.6 Å². The van der Waals surface area contributed by atoms with Gasteiger partial charge in [-0.25, -0.2) is 0 Å². The van der Waals surface area contributed by atoms with Crippen LogP contribution in [0.2, 0.25) is 0 Å². The first-order valence-electron chi connectivity index (χ1n) is 6.90. The summed E-state index contributed by atoms with van der Waals surface area (Å²) in [4.78, 5) is 1.31. The lowest BCUT2D eigenvalue weighted by atomic mass is 10.2. The fourth-order valence-electron chi connectivity index (χ4n) is 1.79. The van der Waals surface area contributed by atoms with Gasteiger partial charge in [-0.1, -0.05) is 21.0 Å². The fraction of sp³-hybridized carbons (Fsp3) is 0.462. The molecule has 120 valence electrons. The second kappa shape index (κ2) is 7.30. The van der Waals surface area contributed by atoms with Crippen molar-refractivity contribution in [2.75, 3.05) is 17.8 Å². The minimum absolute atomic E-state index is 0.0658.